The summed E-state index contributed by atoms with van der Waals surface area (Å²) in [6, 6.07) is 1.65. The molecule has 0 aliphatic carbocycles. The van der Waals surface area contributed by atoms with Crippen molar-refractivity contribution in [1.82, 2.24) is 0 Å². The van der Waals surface area contributed by atoms with E-state index in [0.29, 0.717) is 6.07 Å². The van der Waals surface area contributed by atoms with Crippen LogP contribution in [-0.4, -0.2) is 23.7 Å². The molecule has 0 amide bonds. The zero-order valence-electron chi connectivity index (χ0n) is 7.46. The highest BCUT2D eigenvalue weighted by Gasteiger charge is 2.27. The highest BCUT2D eigenvalue weighted by molar-refractivity contribution is 5.75. The second kappa shape index (κ2) is 3.38. The molecule has 0 bridgehead atoms. The van der Waals surface area contributed by atoms with Gasteiger partial charge in [0.1, 0.15) is 17.3 Å². The van der Waals surface area contributed by atoms with Crippen LogP contribution in [0.4, 0.5) is 14.5 Å². The van der Waals surface area contributed by atoms with Crippen LogP contribution in [0.25, 0.3) is 0 Å². The van der Waals surface area contributed by atoms with E-state index >= 15 is 0 Å². The first-order chi connectivity index (χ1) is 7.08. The number of anilines is 1. The minimum atomic E-state index is -1.18. The molecule has 1 aliphatic heterocycles. The quantitative estimate of drug-likeness (QED) is 0.739. The van der Waals surface area contributed by atoms with Crippen molar-refractivity contribution in [1.29, 1.82) is 0 Å². The van der Waals surface area contributed by atoms with Crippen LogP contribution in [-0.2, 0) is 4.79 Å². The van der Waals surface area contributed by atoms with E-state index in [2.05, 4.69) is 5.32 Å². The molecule has 0 fully saturated rings. The lowest BCUT2D eigenvalue weighted by Gasteiger charge is -2.24. The molecule has 0 saturated carbocycles. The summed E-state index contributed by atoms with van der Waals surface area (Å²) >= 11 is 0. The van der Waals surface area contributed by atoms with E-state index in [9.17, 15) is 13.6 Å². The van der Waals surface area contributed by atoms with Gasteiger partial charge in [-0.2, -0.15) is 0 Å². The van der Waals surface area contributed by atoms with Gasteiger partial charge < -0.3 is 15.2 Å². The predicted octanol–water partition coefficient (Wildman–Crippen LogP) is 1.22. The fraction of sp³-hybridized carbons (Fsp3) is 0.222. The van der Waals surface area contributed by atoms with Crippen molar-refractivity contribution in [2.75, 3.05) is 11.9 Å². The van der Waals surface area contributed by atoms with Gasteiger partial charge in [-0.15, -0.1) is 0 Å². The van der Waals surface area contributed by atoms with Crippen molar-refractivity contribution in [3.05, 3.63) is 23.8 Å². The lowest BCUT2D eigenvalue weighted by Crippen LogP contribution is -2.37. The maximum absolute atomic E-state index is 13.1. The van der Waals surface area contributed by atoms with Gasteiger partial charge in [0.05, 0.1) is 6.54 Å². The zero-order chi connectivity index (χ0) is 11.0. The number of ether oxygens (including phenoxy) is 1. The maximum atomic E-state index is 13.1. The molecule has 0 radical (unpaired) electrons. The first-order valence-corrected chi connectivity index (χ1v) is 4.20. The number of carboxylic acid groups (broad SMARTS) is 1. The number of hydrogen-bond donors (Lipinski definition) is 2. The third-order valence-electron chi connectivity index (χ3n) is 2.03. The number of halogens is 2. The Hall–Kier alpha value is -1.85. The van der Waals surface area contributed by atoms with Gasteiger partial charge in [-0.05, 0) is 0 Å². The lowest BCUT2D eigenvalue weighted by molar-refractivity contribution is -0.144. The summed E-state index contributed by atoms with van der Waals surface area (Å²) in [6.07, 6.45) is -1.13. The first-order valence-electron chi connectivity index (χ1n) is 4.20. The molecule has 15 heavy (non-hydrogen) atoms. The molecular formula is C9H7F2NO3. The number of rotatable bonds is 1. The molecule has 1 aromatic carbocycles. The molecule has 1 heterocycles. The number of aliphatic carboxylic acids is 1. The van der Waals surface area contributed by atoms with Crippen LogP contribution < -0.4 is 10.1 Å². The summed E-state index contributed by atoms with van der Waals surface area (Å²) in [5.41, 5.74) is -0.00565. The molecule has 0 aromatic heterocycles. The number of benzene rings is 1. The summed E-state index contributed by atoms with van der Waals surface area (Å²) in [6.45, 7) is -0.0507. The Balaban J connectivity index is 2.37. The fourth-order valence-electron chi connectivity index (χ4n) is 1.34. The number of carboxylic acids is 1. The topological polar surface area (TPSA) is 58.6 Å². The van der Waals surface area contributed by atoms with E-state index in [1.165, 1.54) is 0 Å². The van der Waals surface area contributed by atoms with Crippen molar-refractivity contribution in [2.24, 2.45) is 0 Å². The third-order valence-corrected chi connectivity index (χ3v) is 2.03. The molecule has 80 valence electrons. The summed E-state index contributed by atoms with van der Waals surface area (Å²) in [5.74, 6) is -2.91. The van der Waals surface area contributed by atoms with E-state index in [0.717, 1.165) is 6.07 Å². The highest BCUT2D eigenvalue weighted by Crippen LogP contribution is 2.32. The van der Waals surface area contributed by atoms with Gasteiger partial charge in [-0.1, -0.05) is 0 Å². The molecule has 1 atom stereocenters. The van der Waals surface area contributed by atoms with Crippen LogP contribution in [0.5, 0.6) is 5.75 Å². The Morgan fingerprint density at radius 1 is 1.53 bits per heavy atom. The van der Waals surface area contributed by atoms with Crippen LogP contribution in [0.1, 0.15) is 0 Å². The van der Waals surface area contributed by atoms with E-state index in [-0.39, 0.29) is 18.0 Å². The van der Waals surface area contributed by atoms with Crippen molar-refractivity contribution in [3.8, 4) is 5.75 Å². The predicted molar refractivity (Wildman–Crippen MR) is 46.9 cm³/mol. The zero-order valence-corrected chi connectivity index (χ0v) is 7.46. The molecule has 2 rings (SSSR count). The number of fused-ring (bicyclic) bond motifs is 1. The summed E-state index contributed by atoms with van der Waals surface area (Å²) in [7, 11) is 0. The lowest BCUT2D eigenvalue weighted by atomic mass is 10.2. The van der Waals surface area contributed by atoms with Crippen LogP contribution in [0.15, 0.2) is 12.1 Å². The molecule has 6 heteroatoms. The van der Waals surface area contributed by atoms with Gasteiger partial charge in [-0.25, -0.2) is 13.6 Å². The van der Waals surface area contributed by atoms with E-state index < -0.39 is 23.7 Å². The molecule has 2 N–H and O–H groups in total. The molecule has 0 saturated heterocycles. The summed E-state index contributed by atoms with van der Waals surface area (Å²) in [5, 5.41) is 11.2. The Morgan fingerprint density at radius 3 is 2.93 bits per heavy atom. The van der Waals surface area contributed by atoms with Gasteiger partial charge in [0.15, 0.2) is 5.82 Å². The first kappa shape index (κ1) is 9.70. The van der Waals surface area contributed by atoms with Gasteiger partial charge in [0.2, 0.25) is 6.10 Å². The van der Waals surface area contributed by atoms with E-state index in [1.54, 1.807) is 0 Å². The molecule has 1 unspecified atom stereocenters. The van der Waals surface area contributed by atoms with Crippen molar-refractivity contribution in [3.63, 3.8) is 0 Å². The normalized spacial score (nSPS) is 18.7. The SMILES string of the molecule is O=C(O)C1CNc2c(F)cc(F)cc2O1. The molecule has 4 nitrogen and oxygen atoms in total. The molecular weight excluding hydrogens is 208 g/mol. The minimum absolute atomic E-state index is 0.00565. The molecule has 0 spiro atoms. The van der Waals surface area contributed by atoms with Crippen molar-refractivity contribution < 1.29 is 23.4 Å². The average Bonchev–Trinajstić information content (AvgIpc) is 2.16. The van der Waals surface area contributed by atoms with Crippen LogP contribution >= 0.6 is 0 Å². The summed E-state index contributed by atoms with van der Waals surface area (Å²) in [4.78, 5) is 10.6. The maximum Gasteiger partial charge on any atom is 0.346 e. The third kappa shape index (κ3) is 1.70. The van der Waals surface area contributed by atoms with E-state index in [1.807, 2.05) is 0 Å². The number of hydrogen-bond acceptors (Lipinski definition) is 3. The van der Waals surface area contributed by atoms with Crippen LogP contribution in [0, 0.1) is 11.6 Å². The minimum Gasteiger partial charge on any atom is -0.478 e. The largest absolute Gasteiger partial charge is 0.478 e. The highest BCUT2D eigenvalue weighted by atomic mass is 19.1. The molecule has 1 aromatic rings. The standard InChI is InChI=1S/C9H7F2NO3/c10-4-1-5(11)8-6(2-4)15-7(3-12-8)9(13)14/h1-2,7,12H,3H2,(H,13,14). The number of nitrogens with one attached hydrogen (secondary N) is 1. The van der Waals surface area contributed by atoms with Gasteiger partial charge in [0, 0.05) is 12.1 Å². The second-order valence-electron chi connectivity index (χ2n) is 3.09. The number of carbonyl (C=O) groups is 1. The Kier molecular flexibility index (Phi) is 2.18. The van der Waals surface area contributed by atoms with Gasteiger partial charge in [-0.3, -0.25) is 0 Å². The summed E-state index contributed by atoms with van der Waals surface area (Å²) < 4.78 is 30.8. The molecule has 1 aliphatic rings. The Morgan fingerprint density at radius 2 is 2.27 bits per heavy atom. The fourth-order valence-corrected chi connectivity index (χ4v) is 1.34. The van der Waals surface area contributed by atoms with Crippen molar-refractivity contribution >= 4 is 11.7 Å². The van der Waals surface area contributed by atoms with Gasteiger partial charge in [0.25, 0.3) is 0 Å². The van der Waals surface area contributed by atoms with E-state index in [4.69, 9.17) is 9.84 Å². The Bertz CT molecular complexity index is 422. The monoisotopic (exact) mass is 215 g/mol. The van der Waals surface area contributed by atoms with Crippen LogP contribution in [0.2, 0.25) is 0 Å². The second-order valence-corrected chi connectivity index (χ2v) is 3.09. The average molecular weight is 215 g/mol. The van der Waals surface area contributed by atoms with Gasteiger partial charge >= 0.3 is 5.97 Å². The Labute approximate surface area is 83.5 Å². The van der Waals surface area contributed by atoms with Crippen molar-refractivity contribution in [2.45, 2.75) is 6.10 Å². The smallest absolute Gasteiger partial charge is 0.346 e. The van der Waals surface area contributed by atoms with Crippen LogP contribution in [0.3, 0.4) is 0 Å².